The Morgan fingerprint density at radius 2 is 2.04 bits per heavy atom. The lowest BCUT2D eigenvalue weighted by molar-refractivity contribution is 0.0131. The third-order valence-electron chi connectivity index (χ3n) is 5.39. The van der Waals surface area contributed by atoms with Crippen LogP contribution in [0.5, 0.6) is 0 Å². The van der Waals surface area contributed by atoms with Gasteiger partial charge in [-0.3, -0.25) is 4.79 Å². The van der Waals surface area contributed by atoms with Crippen LogP contribution in [0.2, 0.25) is 0 Å². The minimum atomic E-state index is -0.0746. The van der Waals surface area contributed by atoms with Gasteiger partial charge in [-0.05, 0) is 31.0 Å². The van der Waals surface area contributed by atoms with Gasteiger partial charge in [0.1, 0.15) is 5.69 Å². The van der Waals surface area contributed by atoms with Crippen molar-refractivity contribution in [1.82, 2.24) is 19.4 Å². The molecule has 2 aliphatic rings. The first kappa shape index (κ1) is 17.0. The molecule has 2 aromatic heterocycles. The van der Waals surface area contributed by atoms with Crippen LogP contribution in [0.4, 0.5) is 5.95 Å². The molecular formula is C19H25N5O2. The minimum absolute atomic E-state index is 0.0746. The SMILES string of the molecule is Cn1cccc1C(=O)N1CCC[C@]2(COCCN(c3ncccn3)C2)C1. The van der Waals surface area contributed by atoms with E-state index in [4.69, 9.17) is 4.74 Å². The number of likely N-dealkylation sites (tertiary alicyclic amines) is 1. The Labute approximate surface area is 153 Å². The number of nitrogens with zero attached hydrogens (tertiary/aromatic N) is 5. The summed E-state index contributed by atoms with van der Waals surface area (Å²) in [5.74, 6) is 0.839. The highest BCUT2D eigenvalue weighted by atomic mass is 16.5. The molecule has 2 fully saturated rings. The van der Waals surface area contributed by atoms with Crippen LogP contribution in [0.15, 0.2) is 36.8 Å². The minimum Gasteiger partial charge on any atom is -0.379 e. The van der Waals surface area contributed by atoms with E-state index in [-0.39, 0.29) is 11.3 Å². The standard InChI is InChI=1S/C19H25N5O2/c1-22-9-2-5-16(22)17(25)23-10-3-6-19(13-23)14-24(11-12-26-15-19)18-20-7-4-8-21-18/h2,4-5,7-9H,3,6,10-15H2,1H3/t19-/m0/s1. The third-order valence-corrected chi connectivity index (χ3v) is 5.39. The largest absolute Gasteiger partial charge is 0.379 e. The van der Waals surface area contributed by atoms with Gasteiger partial charge in [-0.15, -0.1) is 0 Å². The number of anilines is 1. The molecule has 7 heteroatoms. The topological polar surface area (TPSA) is 63.5 Å². The molecule has 2 saturated heterocycles. The third kappa shape index (κ3) is 3.31. The lowest BCUT2D eigenvalue weighted by Crippen LogP contribution is -2.52. The molecule has 26 heavy (non-hydrogen) atoms. The summed E-state index contributed by atoms with van der Waals surface area (Å²) in [7, 11) is 1.91. The van der Waals surface area contributed by atoms with E-state index in [0.29, 0.717) is 19.8 Å². The summed E-state index contributed by atoms with van der Waals surface area (Å²) in [5.41, 5.74) is 0.661. The second-order valence-electron chi connectivity index (χ2n) is 7.36. The number of ether oxygens (including phenoxy) is 1. The molecule has 0 unspecified atom stereocenters. The lowest BCUT2D eigenvalue weighted by atomic mass is 9.80. The number of aromatic nitrogens is 3. The van der Waals surface area contributed by atoms with Crippen molar-refractivity contribution in [1.29, 1.82) is 0 Å². The first-order valence-electron chi connectivity index (χ1n) is 9.17. The Kier molecular flexibility index (Phi) is 4.63. The summed E-state index contributed by atoms with van der Waals surface area (Å²) in [5, 5.41) is 0. The Morgan fingerprint density at radius 1 is 1.19 bits per heavy atom. The Balaban J connectivity index is 1.54. The van der Waals surface area contributed by atoms with Gasteiger partial charge in [0, 0.05) is 57.2 Å². The van der Waals surface area contributed by atoms with Gasteiger partial charge in [0.05, 0.1) is 13.2 Å². The molecule has 1 atom stereocenters. The summed E-state index contributed by atoms with van der Waals surface area (Å²) in [6.45, 7) is 4.43. The number of hydrogen-bond acceptors (Lipinski definition) is 5. The monoisotopic (exact) mass is 355 g/mol. The molecule has 138 valence electrons. The zero-order valence-corrected chi connectivity index (χ0v) is 15.2. The van der Waals surface area contributed by atoms with E-state index in [1.165, 1.54) is 0 Å². The van der Waals surface area contributed by atoms with Crippen LogP contribution in [0.25, 0.3) is 0 Å². The van der Waals surface area contributed by atoms with E-state index in [2.05, 4.69) is 14.9 Å². The van der Waals surface area contributed by atoms with E-state index in [9.17, 15) is 4.79 Å². The summed E-state index contributed by atoms with van der Waals surface area (Å²) in [6.07, 6.45) is 7.49. The van der Waals surface area contributed by atoms with E-state index in [1.807, 2.05) is 40.9 Å². The highest BCUT2D eigenvalue weighted by Gasteiger charge is 2.41. The van der Waals surface area contributed by atoms with E-state index in [1.54, 1.807) is 12.4 Å². The summed E-state index contributed by atoms with van der Waals surface area (Å²) in [6, 6.07) is 5.63. The van der Waals surface area contributed by atoms with Crippen LogP contribution in [0, 0.1) is 5.41 Å². The zero-order valence-electron chi connectivity index (χ0n) is 15.2. The molecule has 0 saturated carbocycles. The quantitative estimate of drug-likeness (QED) is 0.818. The highest BCUT2D eigenvalue weighted by molar-refractivity contribution is 5.92. The average Bonchev–Trinajstić information content (AvgIpc) is 3.00. The number of hydrogen-bond donors (Lipinski definition) is 0. The molecule has 0 aliphatic carbocycles. The molecule has 1 amide bonds. The Morgan fingerprint density at radius 3 is 2.81 bits per heavy atom. The fraction of sp³-hybridized carbons (Fsp3) is 0.526. The van der Waals surface area contributed by atoms with Crippen molar-refractivity contribution in [3.8, 4) is 0 Å². The molecule has 0 N–H and O–H groups in total. The first-order valence-corrected chi connectivity index (χ1v) is 9.17. The van der Waals surface area contributed by atoms with Crippen molar-refractivity contribution in [2.24, 2.45) is 12.5 Å². The zero-order chi connectivity index (χ0) is 18.0. The highest BCUT2D eigenvalue weighted by Crippen LogP contribution is 2.34. The molecule has 0 radical (unpaired) electrons. The Hall–Kier alpha value is -2.41. The van der Waals surface area contributed by atoms with Gasteiger partial charge in [0.2, 0.25) is 5.95 Å². The van der Waals surface area contributed by atoms with Gasteiger partial charge >= 0.3 is 0 Å². The molecule has 7 nitrogen and oxygen atoms in total. The van der Waals surface area contributed by atoms with Crippen molar-refractivity contribution >= 4 is 11.9 Å². The number of rotatable bonds is 2. The predicted octanol–water partition coefficient (Wildman–Crippen LogP) is 1.57. The van der Waals surface area contributed by atoms with Gasteiger partial charge in [-0.2, -0.15) is 0 Å². The molecule has 4 rings (SSSR count). The second-order valence-corrected chi connectivity index (χ2v) is 7.36. The van der Waals surface area contributed by atoms with Crippen molar-refractivity contribution in [2.45, 2.75) is 12.8 Å². The van der Waals surface area contributed by atoms with E-state index < -0.39 is 0 Å². The van der Waals surface area contributed by atoms with Gasteiger partial charge in [0.25, 0.3) is 5.91 Å². The summed E-state index contributed by atoms with van der Waals surface area (Å²) in [4.78, 5) is 26.0. The van der Waals surface area contributed by atoms with Gasteiger partial charge in [0.15, 0.2) is 0 Å². The maximum atomic E-state index is 13.0. The summed E-state index contributed by atoms with van der Waals surface area (Å²) < 4.78 is 7.83. The number of amides is 1. The van der Waals surface area contributed by atoms with Gasteiger partial charge in [-0.25, -0.2) is 9.97 Å². The average molecular weight is 355 g/mol. The van der Waals surface area contributed by atoms with Crippen LogP contribution in [-0.4, -0.2) is 64.7 Å². The Bertz CT molecular complexity index is 762. The van der Waals surface area contributed by atoms with Crippen LogP contribution >= 0.6 is 0 Å². The number of carbonyl (C=O) groups is 1. The maximum absolute atomic E-state index is 13.0. The molecule has 4 heterocycles. The van der Waals surface area contributed by atoms with E-state index >= 15 is 0 Å². The van der Waals surface area contributed by atoms with Crippen LogP contribution in [0.1, 0.15) is 23.3 Å². The molecular weight excluding hydrogens is 330 g/mol. The normalized spacial score (nSPS) is 23.9. The van der Waals surface area contributed by atoms with Crippen LogP contribution < -0.4 is 4.90 Å². The first-order chi connectivity index (χ1) is 12.7. The molecule has 0 aromatic carbocycles. The molecule has 1 spiro atoms. The van der Waals surface area contributed by atoms with Crippen LogP contribution in [-0.2, 0) is 11.8 Å². The number of aryl methyl sites for hydroxylation is 1. The van der Waals surface area contributed by atoms with Crippen LogP contribution in [0.3, 0.4) is 0 Å². The predicted molar refractivity (Wildman–Crippen MR) is 98.0 cm³/mol. The number of carbonyl (C=O) groups excluding carboxylic acids is 1. The van der Waals surface area contributed by atoms with Crippen molar-refractivity contribution in [2.75, 3.05) is 44.3 Å². The second kappa shape index (κ2) is 7.07. The van der Waals surface area contributed by atoms with Gasteiger partial charge < -0.3 is 19.1 Å². The van der Waals surface area contributed by atoms with Crippen molar-refractivity contribution < 1.29 is 9.53 Å². The van der Waals surface area contributed by atoms with Crippen molar-refractivity contribution in [3.63, 3.8) is 0 Å². The number of piperidine rings is 1. The van der Waals surface area contributed by atoms with Crippen molar-refractivity contribution in [3.05, 3.63) is 42.5 Å². The smallest absolute Gasteiger partial charge is 0.270 e. The molecule has 2 aliphatic heterocycles. The van der Waals surface area contributed by atoms with E-state index in [0.717, 1.165) is 44.1 Å². The van der Waals surface area contributed by atoms with Gasteiger partial charge in [-0.1, -0.05) is 0 Å². The maximum Gasteiger partial charge on any atom is 0.270 e. The fourth-order valence-electron chi connectivity index (χ4n) is 4.09. The molecule has 2 aromatic rings. The fourth-order valence-corrected chi connectivity index (χ4v) is 4.09. The summed E-state index contributed by atoms with van der Waals surface area (Å²) >= 11 is 0. The lowest BCUT2D eigenvalue weighted by Gasteiger charge is -2.43. The molecule has 0 bridgehead atoms.